The number of carbonyl (C=O) groups is 1. The number of aromatic nitrogens is 1. The fourth-order valence-corrected chi connectivity index (χ4v) is 2.32. The van der Waals surface area contributed by atoms with Gasteiger partial charge in [-0.2, -0.15) is 0 Å². The first-order valence-electron chi connectivity index (χ1n) is 8.30. The summed E-state index contributed by atoms with van der Waals surface area (Å²) in [6, 6.07) is 11.4. The molecule has 2 heterocycles. The molecule has 3 aromatic rings. The molecule has 0 fully saturated rings. The second-order valence-corrected chi connectivity index (χ2v) is 5.52. The highest BCUT2D eigenvalue weighted by molar-refractivity contribution is 5.87. The number of aryl methyl sites for hydroxylation is 1. The summed E-state index contributed by atoms with van der Waals surface area (Å²) in [6.07, 6.45) is 8.58. The minimum absolute atomic E-state index is 0.342. The third-order valence-corrected chi connectivity index (χ3v) is 3.63. The minimum Gasteiger partial charge on any atom is -0.463 e. The molecule has 1 aromatic carbocycles. The Hall–Kier alpha value is -3.34. The van der Waals surface area contributed by atoms with E-state index in [1.807, 2.05) is 43.3 Å². The smallest absolute Gasteiger partial charge is 0.330 e. The van der Waals surface area contributed by atoms with Crippen LogP contribution in [0.4, 0.5) is 0 Å². The summed E-state index contributed by atoms with van der Waals surface area (Å²) in [6.45, 7) is 4.01. The third-order valence-electron chi connectivity index (χ3n) is 3.63. The molecule has 0 aliphatic carbocycles. The Bertz CT molecular complexity index is 916. The number of oxazole rings is 1. The fourth-order valence-electron chi connectivity index (χ4n) is 2.32. The van der Waals surface area contributed by atoms with Crippen LogP contribution in [0.5, 0.6) is 0 Å². The molecule has 26 heavy (non-hydrogen) atoms. The van der Waals surface area contributed by atoms with Crippen molar-refractivity contribution in [1.29, 1.82) is 0 Å². The Kier molecular flexibility index (Phi) is 5.49. The highest BCUT2D eigenvalue weighted by Gasteiger charge is 2.11. The molecule has 0 saturated heterocycles. The molecule has 0 radical (unpaired) electrons. The molecule has 0 saturated carbocycles. The number of hydrogen-bond donors (Lipinski definition) is 0. The molecular formula is C21H19NO4. The summed E-state index contributed by atoms with van der Waals surface area (Å²) in [5.74, 6) is 1.45. The molecule has 0 unspecified atom stereocenters. The van der Waals surface area contributed by atoms with E-state index >= 15 is 0 Å². The van der Waals surface area contributed by atoms with Crippen molar-refractivity contribution in [2.45, 2.75) is 13.8 Å². The van der Waals surface area contributed by atoms with E-state index in [2.05, 4.69) is 4.98 Å². The van der Waals surface area contributed by atoms with Crippen molar-refractivity contribution in [2.24, 2.45) is 0 Å². The maximum Gasteiger partial charge on any atom is 0.330 e. The zero-order valence-corrected chi connectivity index (χ0v) is 14.6. The number of benzene rings is 1. The van der Waals surface area contributed by atoms with Crippen molar-refractivity contribution in [3.63, 3.8) is 0 Å². The molecule has 0 bridgehead atoms. The van der Waals surface area contributed by atoms with Gasteiger partial charge in [0.05, 0.1) is 12.9 Å². The molecule has 0 atom stereocenters. The molecular weight excluding hydrogens is 330 g/mol. The average Bonchev–Trinajstić information content (AvgIpc) is 3.29. The van der Waals surface area contributed by atoms with Crippen molar-refractivity contribution in [3.8, 4) is 11.7 Å². The SMILES string of the molecule is CCOC(=O)C=Cc1ccc(/C=C/c2nc(-c3ccco3)oc2C)cc1. The van der Waals surface area contributed by atoms with E-state index in [0.717, 1.165) is 22.6 Å². The third kappa shape index (κ3) is 4.39. The highest BCUT2D eigenvalue weighted by atomic mass is 16.5. The van der Waals surface area contributed by atoms with Crippen molar-refractivity contribution in [2.75, 3.05) is 6.61 Å². The normalized spacial score (nSPS) is 11.5. The van der Waals surface area contributed by atoms with Crippen LogP contribution in [-0.4, -0.2) is 17.6 Å². The lowest BCUT2D eigenvalue weighted by molar-refractivity contribution is -0.137. The molecule has 0 spiro atoms. The van der Waals surface area contributed by atoms with Crippen LogP contribution in [0.25, 0.3) is 29.9 Å². The van der Waals surface area contributed by atoms with Gasteiger partial charge in [0.25, 0.3) is 5.89 Å². The molecule has 3 rings (SSSR count). The number of esters is 1. The van der Waals surface area contributed by atoms with Gasteiger partial charge in [0.2, 0.25) is 0 Å². The van der Waals surface area contributed by atoms with E-state index < -0.39 is 0 Å². The van der Waals surface area contributed by atoms with Gasteiger partial charge in [0.1, 0.15) is 11.5 Å². The van der Waals surface area contributed by atoms with Crippen LogP contribution in [0.2, 0.25) is 0 Å². The van der Waals surface area contributed by atoms with E-state index in [1.165, 1.54) is 6.08 Å². The van der Waals surface area contributed by atoms with Gasteiger partial charge in [-0.1, -0.05) is 30.3 Å². The second-order valence-electron chi connectivity index (χ2n) is 5.52. The molecule has 2 aromatic heterocycles. The zero-order valence-electron chi connectivity index (χ0n) is 14.6. The van der Waals surface area contributed by atoms with E-state index in [1.54, 1.807) is 31.4 Å². The number of ether oxygens (including phenoxy) is 1. The number of carbonyl (C=O) groups excluding carboxylic acids is 1. The van der Waals surface area contributed by atoms with Crippen LogP contribution < -0.4 is 0 Å². The summed E-state index contributed by atoms with van der Waals surface area (Å²) in [7, 11) is 0. The summed E-state index contributed by atoms with van der Waals surface area (Å²) in [5, 5.41) is 0. The average molecular weight is 349 g/mol. The lowest BCUT2D eigenvalue weighted by atomic mass is 10.1. The molecule has 132 valence electrons. The molecule has 0 N–H and O–H groups in total. The largest absolute Gasteiger partial charge is 0.463 e. The topological polar surface area (TPSA) is 65.5 Å². The summed E-state index contributed by atoms with van der Waals surface area (Å²) < 4.78 is 15.8. The second kappa shape index (κ2) is 8.16. The van der Waals surface area contributed by atoms with Gasteiger partial charge in [0, 0.05) is 6.08 Å². The van der Waals surface area contributed by atoms with Crippen LogP contribution in [-0.2, 0) is 9.53 Å². The molecule has 5 heteroatoms. The standard InChI is InChI=1S/C21H19NO4/c1-3-24-20(23)13-11-17-8-6-16(7-9-17)10-12-18-15(2)26-21(22-18)19-5-4-14-25-19/h4-14H,3H2,1-2H3/b12-10+,13-11?. The van der Waals surface area contributed by atoms with Gasteiger partial charge in [-0.25, -0.2) is 9.78 Å². The lowest BCUT2D eigenvalue weighted by Crippen LogP contribution is -1.98. The van der Waals surface area contributed by atoms with Crippen molar-refractivity contribution in [3.05, 3.63) is 71.3 Å². The van der Waals surface area contributed by atoms with Gasteiger partial charge < -0.3 is 13.6 Å². The lowest BCUT2D eigenvalue weighted by Gasteiger charge is -1.97. The maximum atomic E-state index is 11.3. The first-order valence-corrected chi connectivity index (χ1v) is 8.30. The summed E-state index contributed by atoms with van der Waals surface area (Å²) in [4.78, 5) is 15.8. The van der Waals surface area contributed by atoms with Gasteiger partial charge in [-0.15, -0.1) is 0 Å². The molecule has 5 nitrogen and oxygen atoms in total. The molecule has 0 amide bonds. The Morgan fingerprint density at radius 2 is 1.85 bits per heavy atom. The Morgan fingerprint density at radius 3 is 2.50 bits per heavy atom. The Morgan fingerprint density at radius 1 is 1.12 bits per heavy atom. The number of hydrogen-bond acceptors (Lipinski definition) is 5. The Labute approximate surface area is 151 Å². The predicted molar refractivity (Wildman–Crippen MR) is 100.0 cm³/mol. The highest BCUT2D eigenvalue weighted by Crippen LogP contribution is 2.23. The summed E-state index contributed by atoms with van der Waals surface area (Å²) >= 11 is 0. The van der Waals surface area contributed by atoms with Gasteiger partial charge in [-0.05, 0) is 49.3 Å². The monoisotopic (exact) mass is 349 g/mol. The fraction of sp³-hybridized carbons (Fsp3) is 0.143. The minimum atomic E-state index is -0.342. The maximum absolute atomic E-state index is 11.3. The van der Waals surface area contributed by atoms with Crippen LogP contribution in [0.1, 0.15) is 29.5 Å². The van der Waals surface area contributed by atoms with Gasteiger partial charge in [0.15, 0.2) is 5.76 Å². The van der Waals surface area contributed by atoms with E-state index in [0.29, 0.717) is 18.3 Å². The van der Waals surface area contributed by atoms with Crippen LogP contribution in [0.3, 0.4) is 0 Å². The quantitative estimate of drug-likeness (QED) is 0.463. The van der Waals surface area contributed by atoms with Crippen LogP contribution in [0, 0.1) is 6.92 Å². The summed E-state index contributed by atoms with van der Waals surface area (Å²) in [5.41, 5.74) is 2.69. The number of nitrogens with zero attached hydrogens (tertiary/aromatic N) is 1. The van der Waals surface area contributed by atoms with Crippen molar-refractivity contribution < 1.29 is 18.4 Å². The first kappa shape index (κ1) is 17.5. The zero-order chi connectivity index (χ0) is 18.4. The van der Waals surface area contributed by atoms with E-state index in [9.17, 15) is 4.79 Å². The molecule has 0 aliphatic heterocycles. The van der Waals surface area contributed by atoms with Crippen molar-refractivity contribution >= 4 is 24.2 Å². The number of furan rings is 1. The number of rotatable bonds is 6. The van der Waals surface area contributed by atoms with Crippen molar-refractivity contribution in [1.82, 2.24) is 4.98 Å². The Balaban J connectivity index is 1.68. The van der Waals surface area contributed by atoms with Gasteiger partial charge >= 0.3 is 5.97 Å². The predicted octanol–water partition coefficient (Wildman–Crippen LogP) is 4.99. The van der Waals surface area contributed by atoms with E-state index in [4.69, 9.17) is 13.6 Å². The van der Waals surface area contributed by atoms with Crippen LogP contribution >= 0.6 is 0 Å². The van der Waals surface area contributed by atoms with Crippen LogP contribution in [0.15, 0.2) is 57.6 Å². The van der Waals surface area contributed by atoms with E-state index in [-0.39, 0.29) is 5.97 Å². The van der Waals surface area contributed by atoms with Gasteiger partial charge in [-0.3, -0.25) is 0 Å². The molecule has 0 aliphatic rings. The first-order chi connectivity index (χ1) is 12.7.